The van der Waals surface area contributed by atoms with Crippen LogP contribution in [-0.4, -0.2) is 16.2 Å². The van der Waals surface area contributed by atoms with Gasteiger partial charge in [0, 0.05) is 18.0 Å². The zero-order chi connectivity index (χ0) is 12.9. The van der Waals surface area contributed by atoms with E-state index >= 15 is 0 Å². The highest BCUT2D eigenvalue weighted by Gasteiger charge is 2.28. The number of nitrogens with two attached hydrogens (primary N) is 1. The lowest BCUT2D eigenvalue weighted by Gasteiger charge is -2.22. The number of nitriles is 1. The first-order chi connectivity index (χ1) is 8.50. The van der Waals surface area contributed by atoms with Crippen LogP contribution in [-0.2, 0) is 6.54 Å². The van der Waals surface area contributed by atoms with Crippen LogP contribution in [0.5, 0.6) is 5.75 Å². The van der Waals surface area contributed by atoms with Crippen molar-refractivity contribution < 1.29 is 4.74 Å². The SMILES string of the molecule is CC1(C)COc2cc(C#N)cc3nc(N)n(c23)C1. The Kier molecular flexibility index (Phi) is 2.05. The van der Waals surface area contributed by atoms with E-state index < -0.39 is 0 Å². The molecule has 0 saturated heterocycles. The molecule has 2 heterocycles. The van der Waals surface area contributed by atoms with E-state index in [1.807, 2.05) is 4.57 Å². The summed E-state index contributed by atoms with van der Waals surface area (Å²) in [6.45, 7) is 5.59. The van der Waals surface area contributed by atoms with Crippen LogP contribution in [0.15, 0.2) is 12.1 Å². The van der Waals surface area contributed by atoms with Crippen LogP contribution in [0.3, 0.4) is 0 Å². The number of nitrogen functional groups attached to an aromatic ring is 1. The van der Waals surface area contributed by atoms with Crippen molar-refractivity contribution in [3.05, 3.63) is 17.7 Å². The number of benzene rings is 1. The summed E-state index contributed by atoms with van der Waals surface area (Å²) < 4.78 is 7.80. The van der Waals surface area contributed by atoms with Crippen LogP contribution in [0.1, 0.15) is 19.4 Å². The van der Waals surface area contributed by atoms with Crippen molar-refractivity contribution in [2.24, 2.45) is 5.41 Å². The van der Waals surface area contributed by atoms with E-state index in [4.69, 9.17) is 15.7 Å². The van der Waals surface area contributed by atoms with Gasteiger partial charge in [-0.15, -0.1) is 0 Å². The molecule has 0 atom stereocenters. The van der Waals surface area contributed by atoms with E-state index in [-0.39, 0.29) is 5.41 Å². The highest BCUT2D eigenvalue weighted by molar-refractivity contribution is 5.86. The fraction of sp³-hybridized carbons (Fsp3) is 0.385. The second-order valence-corrected chi connectivity index (χ2v) is 5.46. The molecule has 1 aliphatic heterocycles. The highest BCUT2D eigenvalue weighted by Crippen LogP contribution is 2.35. The fourth-order valence-electron chi connectivity index (χ4n) is 2.33. The molecule has 2 N–H and O–H groups in total. The average Bonchev–Trinajstić information content (AvgIpc) is 2.53. The lowest BCUT2D eigenvalue weighted by molar-refractivity contribution is 0.173. The average molecular weight is 242 g/mol. The van der Waals surface area contributed by atoms with E-state index in [2.05, 4.69) is 24.9 Å². The molecule has 1 aromatic carbocycles. The van der Waals surface area contributed by atoms with Gasteiger partial charge in [0.25, 0.3) is 0 Å². The predicted molar refractivity (Wildman–Crippen MR) is 68.1 cm³/mol. The van der Waals surface area contributed by atoms with Crippen molar-refractivity contribution in [2.75, 3.05) is 12.3 Å². The minimum atomic E-state index is -0.0203. The molecule has 92 valence electrons. The quantitative estimate of drug-likeness (QED) is 0.765. The topological polar surface area (TPSA) is 76.9 Å². The number of imidazole rings is 1. The summed E-state index contributed by atoms with van der Waals surface area (Å²) in [7, 11) is 0. The lowest BCUT2D eigenvalue weighted by atomic mass is 9.95. The summed E-state index contributed by atoms with van der Waals surface area (Å²) in [5.41, 5.74) is 8.09. The Morgan fingerprint density at radius 3 is 3.00 bits per heavy atom. The molecular weight excluding hydrogens is 228 g/mol. The van der Waals surface area contributed by atoms with Crippen LogP contribution < -0.4 is 10.5 Å². The molecule has 2 aromatic rings. The summed E-state index contributed by atoms with van der Waals surface area (Å²) in [6.07, 6.45) is 0. The van der Waals surface area contributed by atoms with Gasteiger partial charge in [-0.25, -0.2) is 4.98 Å². The molecule has 0 unspecified atom stereocenters. The van der Waals surface area contributed by atoms with Crippen molar-refractivity contribution in [3.8, 4) is 11.8 Å². The third-order valence-electron chi connectivity index (χ3n) is 3.17. The maximum Gasteiger partial charge on any atom is 0.201 e. The number of hydrogen-bond acceptors (Lipinski definition) is 4. The molecule has 0 fully saturated rings. The lowest BCUT2D eigenvalue weighted by Crippen LogP contribution is -2.25. The Bertz CT molecular complexity index is 678. The van der Waals surface area contributed by atoms with Gasteiger partial charge in [0.1, 0.15) is 11.3 Å². The highest BCUT2D eigenvalue weighted by atomic mass is 16.5. The van der Waals surface area contributed by atoms with Gasteiger partial charge in [0.15, 0.2) is 0 Å². The van der Waals surface area contributed by atoms with Crippen molar-refractivity contribution in [2.45, 2.75) is 20.4 Å². The van der Waals surface area contributed by atoms with E-state index in [9.17, 15) is 0 Å². The van der Waals surface area contributed by atoms with Gasteiger partial charge in [-0.05, 0) is 6.07 Å². The molecule has 18 heavy (non-hydrogen) atoms. The number of rotatable bonds is 0. The van der Waals surface area contributed by atoms with Crippen molar-refractivity contribution >= 4 is 17.0 Å². The Morgan fingerprint density at radius 2 is 2.28 bits per heavy atom. The molecule has 0 amide bonds. The minimum Gasteiger partial charge on any atom is -0.491 e. The van der Waals surface area contributed by atoms with Gasteiger partial charge in [-0.1, -0.05) is 13.8 Å². The molecule has 0 bridgehead atoms. The Labute approximate surface area is 105 Å². The van der Waals surface area contributed by atoms with Gasteiger partial charge in [0.05, 0.1) is 23.8 Å². The minimum absolute atomic E-state index is 0.0203. The maximum atomic E-state index is 9.01. The monoisotopic (exact) mass is 242 g/mol. The smallest absolute Gasteiger partial charge is 0.201 e. The number of anilines is 1. The first kappa shape index (κ1) is 10.9. The van der Waals surface area contributed by atoms with Gasteiger partial charge in [-0.2, -0.15) is 5.26 Å². The Morgan fingerprint density at radius 1 is 1.50 bits per heavy atom. The van der Waals surface area contributed by atoms with Crippen LogP contribution in [0, 0.1) is 16.7 Å². The van der Waals surface area contributed by atoms with Crippen LogP contribution in [0.2, 0.25) is 0 Å². The van der Waals surface area contributed by atoms with Crippen molar-refractivity contribution in [1.29, 1.82) is 5.26 Å². The number of nitrogens with zero attached hydrogens (tertiary/aromatic N) is 3. The number of aromatic nitrogens is 2. The fourth-order valence-corrected chi connectivity index (χ4v) is 2.33. The van der Waals surface area contributed by atoms with E-state index in [0.717, 1.165) is 17.6 Å². The Balaban J connectivity index is 2.34. The molecule has 5 nitrogen and oxygen atoms in total. The number of hydrogen-bond donors (Lipinski definition) is 1. The third kappa shape index (κ3) is 1.50. The summed E-state index contributed by atoms with van der Waals surface area (Å²) >= 11 is 0. The maximum absolute atomic E-state index is 9.01. The summed E-state index contributed by atoms with van der Waals surface area (Å²) in [6, 6.07) is 5.61. The van der Waals surface area contributed by atoms with E-state index in [0.29, 0.717) is 23.9 Å². The van der Waals surface area contributed by atoms with E-state index in [1.54, 1.807) is 12.1 Å². The van der Waals surface area contributed by atoms with Crippen LogP contribution in [0.4, 0.5) is 5.95 Å². The summed E-state index contributed by atoms with van der Waals surface area (Å²) in [5, 5.41) is 9.01. The predicted octanol–water partition coefficient (Wildman–Crippen LogP) is 1.91. The van der Waals surface area contributed by atoms with Crippen molar-refractivity contribution in [1.82, 2.24) is 9.55 Å². The molecule has 5 heteroatoms. The molecular formula is C13H14N4O. The van der Waals surface area contributed by atoms with Gasteiger partial charge < -0.3 is 15.0 Å². The molecule has 3 rings (SSSR count). The molecule has 0 aliphatic carbocycles. The van der Waals surface area contributed by atoms with Crippen LogP contribution >= 0.6 is 0 Å². The molecule has 0 saturated carbocycles. The second kappa shape index (κ2) is 3.39. The molecule has 0 radical (unpaired) electrons. The normalized spacial score (nSPS) is 16.9. The number of ether oxygens (including phenoxy) is 1. The first-order valence-corrected chi connectivity index (χ1v) is 5.83. The second-order valence-electron chi connectivity index (χ2n) is 5.46. The third-order valence-corrected chi connectivity index (χ3v) is 3.17. The zero-order valence-corrected chi connectivity index (χ0v) is 10.4. The molecule has 0 spiro atoms. The van der Waals surface area contributed by atoms with Gasteiger partial charge >= 0.3 is 0 Å². The van der Waals surface area contributed by atoms with Gasteiger partial charge in [0.2, 0.25) is 5.95 Å². The summed E-state index contributed by atoms with van der Waals surface area (Å²) in [4.78, 5) is 4.31. The Hall–Kier alpha value is -2.22. The molecule has 1 aromatic heterocycles. The van der Waals surface area contributed by atoms with Gasteiger partial charge in [-0.3, -0.25) is 0 Å². The largest absolute Gasteiger partial charge is 0.491 e. The summed E-state index contributed by atoms with van der Waals surface area (Å²) in [5.74, 6) is 1.17. The van der Waals surface area contributed by atoms with Crippen LogP contribution in [0.25, 0.3) is 11.0 Å². The van der Waals surface area contributed by atoms with Crippen molar-refractivity contribution in [3.63, 3.8) is 0 Å². The van der Waals surface area contributed by atoms with E-state index in [1.165, 1.54) is 0 Å². The molecule has 1 aliphatic rings. The first-order valence-electron chi connectivity index (χ1n) is 5.83. The standard InChI is InChI=1S/C13H14N4O/c1-13(2)6-17-11-9(16-12(17)15)3-8(5-14)4-10(11)18-7-13/h3-4H,6-7H2,1-2H3,(H2,15,16). The zero-order valence-electron chi connectivity index (χ0n) is 10.4.